The van der Waals surface area contributed by atoms with Gasteiger partial charge in [0.05, 0.1) is 12.6 Å². The van der Waals surface area contributed by atoms with Crippen LogP contribution in [0, 0.1) is 0 Å². The fraction of sp³-hybridized carbons (Fsp3) is 0.273. The van der Waals surface area contributed by atoms with E-state index in [9.17, 15) is 0 Å². The van der Waals surface area contributed by atoms with Crippen LogP contribution in [0.25, 0.3) is 0 Å². The smallest absolute Gasteiger partial charge is 0.205 e. The van der Waals surface area contributed by atoms with Gasteiger partial charge in [0, 0.05) is 7.11 Å². The van der Waals surface area contributed by atoms with Crippen LogP contribution in [-0.4, -0.2) is 23.9 Å². The molecule has 0 fully saturated rings. The van der Waals surface area contributed by atoms with Crippen molar-refractivity contribution in [2.75, 3.05) is 19.0 Å². The minimum absolute atomic E-state index is 0.110. The van der Waals surface area contributed by atoms with Crippen molar-refractivity contribution in [3.8, 4) is 0 Å². The number of benzene rings is 1. The summed E-state index contributed by atoms with van der Waals surface area (Å²) in [5.41, 5.74) is 2.89. The zero-order chi connectivity index (χ0) is 11.2. The molecule has 0 aliphatic rings. The molecule has 0 saturated carbocycles. The molecule has 0 aliphatic heterocycles. The van der Waals surface area contributed by atoms with Crippen molar-refractivity contribution in [1.29, 1.82) is 0 Å². The van der Waals surface area contributed by atoms with Crippen LogP contribution >= 0.6 is 11.3 Å². The third-order valence-electron chi connectivity index (χ3n) is 2.19. The molecule has 0 spiro atoms. The highest BCUT2D eigenvalue weighted by Crippen LogP contribution is 2.20. The Morgan fingerprint density at radius 3 is 2.81 bits per heavy atom. The molecule has 2 aromatic rings. The van der Waals surface area contributed by atoms with Crippen LogP contribution in [0.3, 0.4) is 0 Å². The first kappa shape index (κ1) is 11.0. The molecule has 5 heteroatoms. The van der Waals surface area contributed by atoms with Crippen molar-refractivity contribution in [2.45, 2.75) is 6.04 Å². The van der Waals surface area contributed by atoms with E-state index in [0.29, 0.717) is 6.61 Å². The van der Waals surface area contributed by atoms with Gasteiger partial charge in [-0.25, -0.2) is 0 Å². The van der Waals surface area contributed by atoms with E-state index in [2.05, 4.69) is 27.6 Å². The van der Waals surface area contributed by atoms with Crippen LogP contribution in [0.2, 0.25) is 0 Å². The van der Waals surface area contributed by atoms with Crippen LogP contribution in [0.4, 0.5) is 5.13 Å². The fourth-order valence-corrected chi connectivity index (χ4v) is 1.96. The van der Waals surface area contributed by atoms with Gasteiger partial charge in [0.2, 0.25) is 5.13 Å². The Hall–Kier alpha value is -1.46. The molecule has 1 aromatic heterocycles. The Morgan fingerprint density at radius 2 is 2.19 bits per heavy atom. The molecule has 1 atom stereocenters. The van der Waals surface area contributed by atoms with Crippen molar-refractivity contribution in [1.82, 2.24) is 10.2 Å². The molecule has 16 heavy (non-hydrogen) atoms. The maximum atomic E-state index is 5.20. The first-order chi connectivity index (χ1) is 7.90. The van der Waals surface area contributed by atoms with Crippen LogP contribution in [-0.2, 0) is 4.74 Å². The summed E-state index contributed by atoms with van der Waals surface area (Å²) in [5.74, 6) is 0. The van der Waals surface area contributed by atoms with E-state index in [4.69, 9.17) is 4.74 Å². The standard InChI is InChI=1S/C11H13N3OS/c1-15-7-10(9-5-3-2-4-6-9)13-11-14-12-8-16-11/h2-6,8,10H,7H2,1H3,(H,13,14). The van der Waals surface area contributed by atoms with Gasteiger partial charge in [-0.3, -0.25) is 0 Å². The zero-order valence-corrected chi connectivity index (χ0v) is 9.78. The summed E-state index contributed by atoms with van der Waals surface area (Å²) in [6.45, 7) is 0.601. The van der Waals surface area contributed by atoms with Gasteiger partial charge in [-0.15, -0.1) is 10.2 Å². The summed E-state index contributed by atoms with van der Waals surface area (Å²) in [5, 5.41) is 11.9. The molecule has 0 radical (unpaired) electrons. The van der Waals surface area contributed by atoms with Crippen LogP contribution < -0.4 is 5.32 Å². The summed E-state index contributed by atoms with van der Waals surface area (Å²) in [4.78, 5) is 0. The van der Waals surface area contributed by atoms with Crippen molar-refractivity contribution < 1.29 is 4.74 Å². The lowest BCUT2D eigenvalue weighted by Gasteiger charge is -2.17. The second-order valence-corrected chi connectivity index (χ2v) is 4.14. The monoisotopic (exact) mass is 235 g/mol. The predicted molar refractivity (Wildman–Crippen MR) is 64.6 cm³/mol. The molecule has 1 heterocycles. The van der Waals surface area contributed by atoms with E-state index in [1.807, 2.05) is 18.2 Å². The lowest BCUT2D eigenvalue weighted by Crippen LogP contribution is -2.16. The highest BCUT2D eigenvalue weighted by molar-refractivity contribution is 7.13. The maximum absolute atomic E-state index is 5.20. The van der Waals surface area contributed by atoms with Gasteiger partial charge in [-0.2, -0.15) is 0 Å². The zero-order valence-electron chi connectivity index (χ0n) is 8.96. The molecular weight excluding hydrogens is 222 g/mol. The van der Waals surface area contributed by atoms with E-state index in [-0.39, 0.29) is 6.04 Å². The Balaban J connectivity index is 2.11. The van der Waals surface area contributed by atoms with E-state index in [0.717, 1.165) is 5.13 Å². The highest BCUT2D eigenvalue weighted by Gasteiger charge is 2.11. The second-order valence-electron chi connectivity index (χ2n) is 3.31. The molecule has 0 amide bonds. The normalized spacial score (nSPS) is 12.3. The molecule has 0 aliphatic carbocycles. The van der Waals surface area contributed by atoms with Crippen LogP contribution in [0.1, 0.15) is 11.6 Å². The Labute approximate surface area is 98.3 Å². The van der Waals surface area contributed by atoms with Gasteiger partial charge < -0.3 is 10.1 Å². The molecule has 1 aromatic carbocycles. The number of ether oxygens (including phenoxy) is 1. The lowest BCUT2D eigenvalue weighted by atomic mass is 10.1. The van der Waals surface area contributed by atoms with Gasteiger partial charge >= 0.3 is 0 Å². The molecule has 4 nitrogen and oxygen atoms in total. The number of hydrogen-bond donors (Lipinski definition) is 1. The van der Waals surface area contributed by atoms with Gasteiger partial charge in [0.25, 0.3) is 0 Å². The molecular formula is C11H13N3OS. The minimum atomic E-state index is 0.110. The number of methoxy groups -OCH3 is 1. The summed E-state index contributed by atoms with van der Waals surface area (Å²) >= 11 is 1.48. The average Bonchev–Trinajstić information content (AvgIpc) is 2.83. The maximum Gasteiger partial charge on any atom is 0.205 e. The number of nitrogens with one attached hydrogen (secondary N) is 1. The SMILES string of the molecule is COCC(Nc1nncs1)c1ccccc1. The number of aromatic nitrogens is 2. The number of hydrogen-bond acceptors (Lipinski definition) is 5. The van der Waals surface area contributed by atoms with E-state index >= 15 is 0 Å². The van der Waals surface area contributed by atoms with Crippen molar-refractivity contribution in [3.05, 3.63) is 41.4 Å². The van der Waals surface area contributed by atoms with Crippen molar-refractivity contribution >= 4 is 16.5 Å². The van der Waals surface area contributed by atoms with Gasteiger partial charge in [-0.1, -0.05) is 41.7 Å². The van der Waals surface area contributed by atoms with Crippen molar-refractivity contribution in [2.24, 2.45) is 0 Å². The first-order valence-corrected chi connectivity index (χ1v) is 5.84. The number of nitrogens with zero attached hydrogens (tertiary/aromatic N) is 2. The van der Waals surface area contributed by atoms with Gasteiger partial charge in [-0.05, 0) is 5.56 Å². The van der Waals surface area contributed by atoms with E-state index in [1.54, 1.807) is 12.6 Å². The second kappa shape index (κ2) is 5.58. The summed E-state index contributed by atoms with van der Waals surface area (Å²) in [7, 11) is 1.69. The van der Waals surface area contributed by atoms with E-state index < -0.39 is 0 Å². The molecule has 0 bridgehead atoms. The molecule has 2 rings (SSSR count). The summed E-state index contributed by atoms with van der Waals surface area (Å²) < 4.78 is 5.20. The lowest BCUT2D eigenvalue weighted by molar-refractivity contribution is 0.186. The minimum Gasteiger partial charge on any atom is -0.382 e. The quantitative estimate of drug-likeness (QED) is 0.864. The third kappa shape index (κ3) is 2.77. The summed E-state index contributed by atoms with van der Waals surface area (Å²) in [6.07, 6.45) is 0. The Morgan fingerprint density at radius 1 is 1.38 bits per heavy atom. The first-order valence-electron chi connectivity index (χ1n) is 4.96. The highest BCUT2D eigenvalue weighted by atomic mass is 32.1. The van der Waals surface area contributed by atoms with E-state index in [1.165, 1.54) is 16.9 Å². The Kier molecular flexibility index (Phi) is 3.85. The van der Waals surface area contributed by atoms with Gasteiger partial charge in [0.1, 0.15) is 5.51 Å². The molecule has 1 N–H and O–H groups in total. The van der Waals surface area contributed by atoms with Crippen LogP contribution in [0.5, 0.6) is 0 Å². The average molecular weight is 235 g/mol. The fourth-order valence-electron chi connectivity index (χ4n) is 1.46. The van der Waals surface area contributed by atoms with Gasteiger partial charge in [0.15, 0.2) is 0 Å². The Bertz CT molecular complexity index is 404. The van der Waals surface area contributed by atoms with Crippen molar-refractivity contribution in [3.63, 3.8) is 0 Å². The molecule has 1 unspecified atom stereocenters. The number of rotatable bonds is 5. The molecule has 84 valence electrons. The predicted octanol–water partition coefficient (Wildman–Crippen LogP) is 2.34. The molecule has 0 saturated heterocycles. The van der Waals surface area contributed by atoms with Crippen LogP contribution in [0.15, 0.2) is 35.8 Å². The third-order valence-corrected chi connectivity index (χ3v) is 2.82. The topological polar surface area (TPSA) is 47.0 Å². The number of anilines is 1. The summed E-state index contributed by atoms with van der Waals surface area (Å²) in [6, 6.07) is 10.3. The largest absolute Gasteiger partial charge is 0.382 e.